The molecule has 0 bridgehead atoms. The predicted molar refractivity (Wildman–Crippen MR) is 108 cm³/mol. The molecule has 0 saturated carbocycles. The average Bonchev–Trinajstić information content (AvgIpc) is 3.33. The lowest BCUT2D eigenvalue weighted by molar-refractivity contribution is -0.144. The standard InChI is InChI=1S/C22H22N4O2/c27-22(28)21(17-13-24-18-5-2-1-4-15(17)18)26-10-7-14(8-11-26)16-12-25-19-6-3-9-23-20(16)19/h1-6,9,12-14,21,24-25H,7-8,10-11H2,(H,27,28)/t21-/m0/s1. The molecule has 1 aliphatic rings. The number of aliphatic carboxylic acids is 1. The zero-order chi connectivity index (χ0) is 19.1. The molecule has 28 heavy (non-hydrogen) atoms. The summed E-state index contributed by atoms with van der Waals surface area (Å²) in [6, 6.07) is 11.2. The molecule has 1 aliphatic heterocycles. The summed E-state index contributed by atoms with van der Waals surface area (Å²) in [7, 11) is 0. The Kier molecular flexibility index (Phi) is 4.13. The van der Waals surface area contributed by atoms with Crippen molar-refractivity contribution < 1.29 is 9.90 Å². The number of hydrogen-bond donors (Lipinski definition) is 3. The molecule has 6 heteroatoms. The van der Waals surface area contributed by atoms with Crippen molar-refractivity contribution >= 4 is 27.9 Å². The highest BCUT2D eigenvalue weighted by molar-refractivity contribution is 5.89. The number of H-pyrrole nitrogens is 2. The van der Waals surface area contributed by atoms with Crippen LogP contribution < -0.4 is 0 Å². The second-order valence-corrected chi connectivity index (χ2v) is 7.48. The number of carbonyl (C=O) groups is 1. The first-order valence-electron chi connectivity index (χ1n) is 9.67. The Morgan fingerprint density at radius 2 is 1.82 bits per heavy atom. The Hall–Kier alpha value is -3.12. The number of rotatable bonds is 4. The van der Waals surface area contributed by atoms with E-state index >= 15 is 0 Å². The molecule has 4 heterocycles. The van der Waals surface area contributed by atoms with Crippen molar-refractivity contribution in [3.63, 3.8) is 0 Å². The number of nitrogens with zero attached hydrogens (tertiary/aromatic N) is 2. The van der Waals surface area contributed by atoms with Gasteiger partial charge in [-0.2, -0.15) is 0 Å². The highest BCUT2D eigenvalue weighted by Gasteiger charge is 2.33. The number of fused-ring (bicyclic) bond motifs is 2. The van der Waals surface area contributed by atoms with Gasteiger partial charge in [0.2, 0.25) is 0 Å². The van der Waals surface area contributed by atoms with Gasteiger partial charge in [-0.15, -0.1) is 0 Å². The van der Waals surface area contributed by atoms with Crippen LogP contribution in [0.1, 0.15) is 35.9 Å². The van der Waals surface area contributed by atoms with Crippen LogP contribution in [0.3, 0.4) is 0 Å². The normalized spacial score (nSPS) is 17.3. The van der Waals surface area contributed by atoms with E-state index in [9.17, 15) is 9.90 Å². The molecule has 0 radical (unpaired) electrons. The maximum Gasteiger partial charge on any atom is 0.325 e. The Bertz CT molecular complexity index is 1140. The monoisotopic (exact) mass is 374 g/mol. The van der Waals surface area contributed by atoms with Crippen molar-refractivity contribution in [2.24, 2.45) is 0 Å². The first-order valence-corrected chi connectivity index (χ1v) is 9.67. The fraction of sp³-hybridized carbons (Fsp3) is 0.273. The van der Waals surface area contributed by atoms with Gasteiger partial charge in [0.1, 0.15) is 6.04 Å². The Balaban J connectivity index is 1.39. The van der Waals surface area contributed by atoms with Crippen LogP contribution in [-0.2, 0) is 4.79 Å². The van der Waals surface area contributed by atoms with Gasteiger partial charge in [-0.1, -0.05) is 18.2 Å². The van der Waals surface area contributed by atoms with Crippen molar-refractivity contribution in [1.29, 1.82) is 0 Å². The summed E-state index contributed by atoms with van der Waals surface area (Å²) < 4.78 is 0. The van der Waals surface area contributed by atoms with Gasteiger partial charge in [0, 0.05) is 35.1 Å². The molecule has 142 valence electrons. The quantitative estimate of drug-likeness (QED) is 0.503. The zero-order valence-corrected chi connectivity index (χ0v) is 15.4. The van der Waals surface area contributed by atoms with Gasteiger partial charge in [0.15, 0.2) is 0 Å². The predicted octanol–water partition coefficient (Wildman–Crippen LogP) is 4.05. The zero-order valence-electron chi connectivity index (χ0n) is 15.4. The molecule has 1 saturated heterocycles. The number of aromatic amines is 2. The number of piperidine rings is 1. The van der Waals surface area contributed by atoms with Gasteiger partial charge < -0.3 is 15.1 Å². The summed E-state index contributed by atoms with van der Waals surface area (Å²) in [6.45, 7) is 1.50. The van der Waals surface area contributed by atoms with E-state index in [0.717, 1.165) is 53.4 Å². The van der Waals surface area contributed by atoms with Crippen LogP contribution in [-0.4, -0.2) is 44.0 Å². The topological polar surface area (TPSA) is 85.0 Å². The Morgan fingerprint density at radius 1 is 1.07 bits per heavy atom. The van der Waals surface area contributed by atoms with Gasteiger partial charge in [-0.05, 0) is 55.6 Å². The molecule has 0 amide bonds. The largest absolute Gasteiger partial charge is 0.480 e. The van der Waals surface area contributed by atoms with Gasteiger partial charge >= 0.3 is 5.97 Å². The van der Waals surface area contributed by atoms with Crippen LogP contribution in [0.25, 0.3) is 21.9 Å². The fourth-order valence-electron chi connectivity index (χ4n) is 4.56. The first-order chi connectivity index (χ1) is 13.7. The van der Waals surface area contributed by atoms with Crippen molar-refractivity contribution in [1.82, 2.24) is 19.9 Å². The van der Waals surface area contributed by atoms with Crippen LogP contribution in [0.4, 0.5) is 0 Å². The van der Waals surface area contributed by atoms with E-state index in [1.165, 1.54) is 5.56 Å². The van der Waals surface area contributed by atoms with E-state index in [1.807, 2.05) is 48.8 Å². The lowest BCUT2D eigenvalue weighted by Crippen LogP contribution is -2.39. The van der Waals surface area contributed by atoms with E-state index in [1.54, 1.807) is 0 Å². The van der Waals surface area contributed by atoms with Gasteiger partial charge in [-0.25, -0.2) is 0 Å². The van der Waals surface area contributed by atoms with E-state index in [2.05, 4.69) is 26.0 Å². The van der Waals surface area contributed by atoms with Crippen molar-refractivity contribution in [3.05, 3.63) is 66.1 Å². The Labute approximate surface area is 162 Å². The van der Waals surface area contributed by atoms with Crippen molar-refractivity contribution in [3.8, 4) is 0 Å². The summed E-state index contributed by atoms with van der Waals surface area (Å²) in [5, 5.41) is 11.0. The minimum atomic E-state index is -0.794. The lowest BCUT2D eigenvalue weighted by Gasteiger charge is -2.35. The van der Waals surface area contributed by atoms with E-state index in [4.69, 9.17) is 0 Å². The molecule has 5 rings (SSSR count). The van der Waals surface area contributed by atoms with Crippen LogP contribution in [0.15, 0.2) is 55.0 Å². The molecule has 1 fully saturated rings. The number of benzene rings is 1. The molecule has 0 aliphatic carbocycles. The number of carboxylic acid groups (broad SMARTS) is 1. The summed E-state index contributed by atoms with van der Waals surface area (Å²) in [4.78, 5) is 25.3. The molecule has 3 N–H and O–H groups in total. The highest BCUT2D eigenvalue weighted by atomic mass is 16.4. The summed E-state index contributed by atoms with van der Waals surface area (Å²) in [5.74, 6) is -0.394. The first kappa shape index (κ1) is 17.0. The minimum Gasteiger partial charge on any atom is -0.480 e. The molecular weight excluding hydrogens is 352 g/mol. The highest BCUT2D eigenvalue weighted by Crippen LogP contribution is 2.36. The maximum absolute atomic E-state index is 12.2. The summed E-state index contributed by atoms with van der Waals surface area (Å²) in [6.07, 6.45) is 7.59. The van der Waals surface area contributed by atoms with Gasteiger partial charge in [0.05, 0.1) is 11.0 Å². The summed E-state index contributed by atoms with van der Waals surface area (Å²) >= 11 is 0. The van der Waals surface area contributed by atoms with E-state index in [0.29, 0.717) is 5.92 Å². The maximum atomic E-state index is 12.2. The third-order valence-electron chi connectivity index (χ3n) is 5.95. The van der Waals surface area contributed by atoms with E-state index in [-0.39, 0.29) is 0 Å². The minimum absolute atomic E-state index is 0.400. The average molecular weight is 374 g/mol. The second-order valence-electron chi connectivity index (χ2n) is 7.48. The van der Waals surface area contributed by atoms with Gasteiger partial charge in [0.25, 0.3) is 0 Å². The Morgan fingerprint density at radius 3 is 2.64 bits per heavy atom. The SMILES string of the molecule is O=C(O)[C@H](c1c[nH]c2ccccc12)N1CCC(c2c[nH]c3cccnc23)CC1. The smallest absolute Gasteiger partial charge is 0.325 e. The molecule has 1 atom stereocenters. The summed E-state index contributed by atoms with van der Waals surface area (Å²) in [5.41, 5.74) is 5.16. The van der Waals surface area contributed by atoms with Crippen molar-refractivity contribution in [2.45, 2.75) is 24.8 Å². The van der Waals surface area contributed by atoms with E-state index < -0.39 is 12.0 Å². The van der Waals surface area contributed by atoms with Crippen LogP contribution in [0, 0.1) is 0 Å². The number of aromatic nitrogens is 3. The molecule has 6 nitrogen and oxygen atoms in total. The molecule has 3 aromatic heterocycles. The molecule has 0 spiro atoms. The molecule has 4 aromatic rings. The number of nitrogens with one attached hydrogen (secondary N) is 2. The third-order valence-corrected chi connectivity index (χ3v) is 5.95. The number of likely N-dealkylation sites (tertiary alicyclic amines) is 1. The number of hydrogen-bond acceptors (Lipinski definition) is 3. The molecular formula is C22H22N4O2. The molecule has 1 aromatic carbocycles. The van der Waals surface area contributed by atoms with Crippen LogP contribution in [0.2, 0.25) is 0 Å². The van der Waals surface area contributed by atoms with Gasteiger partial charge in [-0.3, -0.25) is 14.7 Å². The van der Waals surface area contributed by atoms with Crippen molar-refractivity contribution in [2.75, 3.05) is 13.1 Å². The second kappa shape index (κ2) is 6.80. The lowest BCUT2D eigenvalue weighted by atomic mass is 9.89. The van der Waals surface area contributed by atoms with Crippen LogP contribution in [0.5, 0.6) is 0 Å². The van der Waals surface area contributed by atoms with Crippen LogP contribution >= 0.6 is 0 Å². The fourth-order valence-corrected chi connectivity index (χ4v) is 4.56. The number of pyridine rings is 1. The third kappa shape index (κ3) is 2.77. The molecule has 0 unspecified atom stereocenters. The number of carboxylic acids is 1. The number of para-hydroxylation sites is 1.